The lowest BCUT2D eigenvalue weighted by Gasteiger charge is -2.14. The number of amides is 1. The molecule has 0 atom stereocenters. The van der Waals surface area contributed by atoms with E-state index < -0.39 is 0 Å². The molecule has 0 saturated heterocycles. The number of nitrogens with one attached hydrogen (secondary N) is 1. The summed E-state index contributed by atoms with van der Waals surface area (Å²) in [4.78, 5) is 24.7. The van der Waals surface area contributed by atoms with Gasteiger partial charge in [-0.2, -0.15) is 0 Å². The van der Waals surface area contributed by atoms with Crippen molar-refractivity contribution >= 4 is 28.7 Å². The zero-order chi connectivity index (χ0) is 16.2. The fraction of sp³-hybridized carbons (Fsp3) is 0.333. The smallest absolute Gasteiger partial charge is 0.265 e. The average molecular weight is 329 g/mol. The van der Waals surface area contributed by atoms with Gasteiger partial charge in [0, 0.05) is 11.8 Å². The van der Waals surface area contributed by atoms with E-state index in [0.717, 1.165) is 18.6 Å². The van der Waals surface area contributed by atoms with Crippen LogP contribution in [0.15, 0.2) is 36.4 Å². The van der Waals surface area contributed by atoms with Crippen molar-refractivity contribution in [2.75, 3.05) is 5.32 Å². The molecule has 0 unspecified atom stereocenters. The van der Waals surface area contributed by atoms with Crippen molar-refractivity contribution in [2.24, 2.45) is 0 Å². The monoisotopic (exact) mass is 329 g/mol. The van der Waals surface area contributed by atoms with Crippen LogP contribution in [-0.2, 0) is 0 Å². The first-order chi connectivity index (χ1) is 11.1. The average Bonchev–Trinajstić information content (AvgIpc) is 3.18. The number of anilines is 1. The predicted molar refractivity (Wildman–Crippen MR) is 91.6 cm³/mol. The summed E-state index contributed by atoms with van der Waals surface area (Å²) in [5.41, 5.74) is 0.697. The molecule has 1 N–H and O–H groups in total. The molecule has 4 nitrogen and oxygen atoms in total. The van der Waals surface area contributed by atoms with Gasteiger partial charge in [0.25, 0.3) is 5.91 Å². The van der Waals surface area contributed by atoms with Crippen LogP contribution in [-0.4, -0.2) is 17.8 Å². The Kier molecular flexibility index (Phi) is 4.76. The van der Waals surface area contributed by atoms with Crippen LogP contribution in [0.1, 0.15) is 52.0 Å². The van der Waals surface area contributed by atoms with E-state index in [1.165, 1.54) is 31.1 Å². The summed E-state index contributed by atoms with van der Waals surface area (Å²) in [5.74, 6) is 0.548. The first-order valence-electron chi connectivity index (χ1n) is 7.80. The van der Waals surface area contributed by atoms with E-state index in [4.69, 9.17) is 4.74 Å². The minimum absolute atomic E-state index is 0.0268. The van der Waals surface area contributed by atoms with Gasteiger partial charge in [0.2, 0.25) is 0 Å². The quantitative estimate of drug-likeness (QED) is 0.820. The van der Waals surface area contributed by atoms with E-state index in [0.29, 0.717) is 15.4 Å². The summed E-state index contributed by atoms with van der Waals surface area (Å²) in [5, 5.41) is 2.86. The molecule has 23 heavy (non-hydrogen) atoms. The predicted octanol–water partition coefficient (Wildman–Crippen LogP) is 4.52. The van der Waals surface area contributed by atoms with Gasteiger partial charge in [0.1, 0.15) is 5.75 Å². The fourth-order valence-electron chi connectivity index (χ4n) is 2.69. The Hall–Kier alpha value is -2.14. The zero-order valence-electron chi connectivity index (χ0n) is 13.0. The van der Waals surface area contributed by atoms with Gasteiger partial charge in [-0.05, 0) is 56.9 Å². The van der Waals surface area contributed by atoms with E-state index in [1.807, 2.05) is 24.3 Å². The number of hydrogen-bond donors (Lipinski definition) is 1. The summed E-state index contributed by atoms with van der Waals surface area (Å²) >= 11 is 1.21. The lowest BCUT2D eigenvalue weighted by Crippen LogP contribution is -2.12. The maximum Gasteiger partial charge on any atom is 0.265 e. The van der Waals surface area contributed by atoms with Crippen LogP contribution in [0.4, 0.5) is 5.69 Å². The number of carbonyl (C=O) groups excluding carboxylic acids is 2. The van der Waals surface area contributed by atoms with E-state index in [-0.39, 0.29) is 17.8 Å². The normalized spacial score (nSPS) is 14.7. The second-order valence-electron chi connectivity index (χ2n) is 5.73. The van der Waals surface area contributed by atoms with Gasteiger partial charge < -0.3 is 10.1 Å². The van der Waals surface area contributed by atoms with Crippen LogP contribution in [0.25, 0.3) is 0 Å². The van der Waals surface area contributed by atoms with Gasteiger partial charge in [0.05, 0.1) is 15.9 Å². The van der Waals surface area contributed by atoms with E-state index in [9.17, 15) is 9.59 Å². The van der Waals surface area contributed by atoms with Gasteiger partial charge >= 0.3 is 0 Å². The summed E-state index contributed by atoms with van der Waals surface area (Å²) in [6.07, 6.45) is 4.92. The molecule has 120 valence electrons. The first-order valence-corrected chi connectivity index (χ1v) is 8.62. The van der Waals surface area contributed by atoms with Crippen molar-refractivity contribution in [1.82, 2.24) is 0 Å². The Morgan fingerprint density at radius 2 is 1.87 bits per heavy atom. The molecule has 5 heteroatoms. The van der Waals surface area contributed by atoms with Crippen LogP contribution in [0.2, 0.25) is 0 Å². The summed E-state index contributed by atoms with van der Waals surface area (Å²) in [6, 6.07) is 10.8. The third-order valence-electron chi connectivity index (χ3n) is 3.87. The number of hydrogen-bond acceptors (Lipinski definition) is 4. The highest BCUT2D eigenvalue weighted by Crippen LogP contribution is 2.26. The van der Waals surface area contributed by atoms with Gasteiger partial charge in [-0.3, -0.25) is 9.59 Å². The molecule has 1 aliphatic carbocycles. The molecule has 0 radical (unpaired) electrons. The van der Waals surface area contributed by atoms with E-state index >= 15 is 0 Å². The molecular weight excluding hydrogens is 310 g/mol. The first kappa shape index (κ1) is 15.7. The molecule has 0 bridgehead atoms. The minimum Gasteiger partial charge on any atom is -0.490 e. The van der Waals surface area contributed by atoms with E-state index in [2.05, 4.69) is 5.32 Å². The van der Waals surface area contributed by atoms with Crippen molar-refractivity contribution in [3.8, 4) is 5.75 Å². The number of ether oxygens (including phenoxy) is 1. The molecule has 1 heterocycles. The topological polar surface area (TPSA) is 55.4 Å². The maximum absolute atomic E-state index is 12.3. The highest BCUT2D eigenvalue weighted by Gasteiger charge is 2.17. The zero-order valence-corrected chi connectivity index (χ0v) is 13.8. The second kappa shape index (κ2) is 6.96. The van der Waals surface area contributed by atoms with Crippen molar-refractivity contribution in [2.45, 2.75) is 38.7 Å². The number of thiophene rings is 1. The summed E-state index contributed by atoms with van der Waals surface area (Å²) in [6.45, 7) is 1.50. The van der Waals surface area contributed by atoms with Gasteiger partial charge in [-0.25, -0.2) is 0 Å². The number of rotatable bonds is 5. The van der Waals surface area contributed by atoms with Crippen molar-refractivity contribution in [3.05, 3.63) is 46.2 Å². The molecule has 1 fully saturated rings. The van der Waals surface area contributed by atoms with Crippen LogP contribution in [0, 0.1) is 0 Å². The van der Waals surface area contributed by atoms with Crippen LogP contribution < -0.4 is 10.1 Å². The molecule has 1 amide bonds. The minimum atomic E-state index is -0.208. The number of carbonyl (C=O) groups is 2. The molecule has 1 aromatic heterocycles. The Morgan fingerprint density at radius 3 is 2.57 bits per heavy atom. The largest absolute Gasteiger partial charge is 0.490 e. The highest BCUT2D eigenvalue weighted by atomic mass is 32.1. The second-order valence-corrected chi connectivity index (χ2v) is 6.81. The van der Waals surface area contributed by atoms with Gasteiger partial charge in [-0.1, -0.05) is 6.07 Å². The SMILES string of the molecule is CC(=O)c1ccc(C(=O)Nc2cccc(OC3CCCC3)c2)s1. The fourth-order valence-corrected chi connectivity index (χ4v) is 3.48. The van der Waals surface area contributed by atoms with Gasteiger partial charge in [0.15, 0.2) is 5.78 Å². The maximum atomic E-state index is 12.3. The highest BCUT2D eigenvalue weighted by molar-refractivity contribution is 7.16. The molecule has 2 aromatic rings. The third kappa shape index (κ3) is 3.99. The molecular formula is C18H19NO3S. The summed E-state index contributed by atoms with van der Waals surface area (Å²) < 4.78 is 5.95. The lowest BCUT2D eigenvalue weighted by molar-refractivity contribution is 0.101. The Morgan fingerprint density at radius 1 is 1.13 bits per heavy atom. The van der Waals surface area contributed by atoms with Crippen LogP contribution >= 0.6 is 11.3 Å². The third-order valence-corrected chi connectivity index (χ3v) is 5.06. The van der Waals surface area contributed by atoms with Crippen LogP contribution in [0.5, 0.6) is 5.75 Å². The lowest BCUT2D eigenvalue weighted by atomic mass is 10.2. The molecule has 0 aliphatic heterocycles. The molecule has 1 aromatic carbocycles. The molecule has 3 rings (SSSR count). The Bertz CT molecular complexity index is 717. The van der Waals surface area contributed by atoms with Crippen LogP contribution in [0.3, 0.4) is 0 Å². The molecule has 0 spiro atoms. The Labute approximate surface area is 139 Å². The van der Waals surface area contributed by atoms with Crippen molar-refractivity contribution in [3.63, 3.8) is 0 Å². The number of benzene rings is 1. The molecule has 1 saturated carbocycles. The Balaban J connectivity index is 1.66. The number of Topliss-reactive ketones (excluding diaryl/α,β-unsaturated/α-hetero) is 1. The molecule has 1 aliphatic rings. The standard InChI is InChI=1S/C18H19NO3S/c1-12(20)16-9-10-17(23-16)18(21)19-13-5-4-8-15(11-13)22-14-6-2-3-7-14/h4-5,8-11,14H,2-3,6-7H2,1H3,(H,19,21). The van der Waals surface area contributed by atoms with Crippen molar-refractivity contribution < 1.29 is 14.3 Å². The van der Waals surface area contributed by atoms with Gasteiger partial charge in [-0.15, -0.1) is 11.3 Å². The van der Waals surface area contributed by atoms with Crippen molar-refractivity contribution in [1.29, 1.82) is 0 Å². The summed E-state index contributed by atoms with van der Waals surface area (Å²) in [7, 11) is 0. The van der Waals surface area contributed by atoms with E-state index in [1.54, 1.807) is 12.1 Å². The number of ketones is 1.